The fourth-order valence-corrected chi connectivity index (χ4v) is 2.75. The van der Waals surface area contributed by atoms with Crippen molar-refractivity contribution in [3.63, 3.8) is 0 Å². The largest absolute Gasteiger partial charge is 0.366 e. The first-order chi connectivity index (χ1) is 10.8. The molecule has 1 saturated heterocycles. The minimum absolute atomic E-state index is 0.267. The van der Waals surface area contributed by atoms with Crippen molar-refractivity contribution in [2.24, 2.45) is 7.05 Å². The van der Waals surface area contributed by atoms with Gasteiger partial charge in [-0.3, -0.25) is 0 Å². The second-order valence-electron chi connectivity index (χ2n) is 5.93. The minimum atomic E-state index is -3.03. The molecule has 3 heterocycles. The van der Waals surface area contributed by atoms with Crippen molar-refractivity contribution in [2.45, 2.75) is 32.2 Å². The summed E-state index contributed by atoms with van der Waals surface area (Å²) in [5, 5.41) is 10.7. The standard InChI is InChI=1S/C15H20F2N6/c1-9-11(13-21-14(15(2,16)17)23(3)22-13)4-5-12(19-9)20-10-6-7-18-8-10/h4-5,10,18H,6-8H2,1-3H3,(H,19,20)/t10-/m0/s1. The minimum Gasteiger partial charge on any atom is -0.366 e. The van der Waals surface area contributed by atoms with E-state index in [0.29, 0.717) is 17.3 Å². The maximum absolute atomic E-state index is 13.5. The molecule has 2 N–H and O–H groups in total. The van der Waals surface area contributed by atoms with Crippen molar-refractivity contribution in [1.82, 2.24) is 25.1 Å². The van der Waals surface area contributed by atoms with Crippen LogP contribution in [0.4, 0.5) is 14.6 Å². The zero-order chi connectivity index (χ0) is 16.6. The van der Waals surface area contributed by atoms with Crippen LogP contribution < -0.4 is 10.6 Å². The monoisotopic (exact) mass is 322 g/mol. The van der Waals surface area contributed by atoms with E-state index in [0.717, 1.165) is 36.9 Å². The lowest BCUT2D eigenvalue weighted by molar-refractivity contribution is 0.00411. The van der Waals surface area contributed by atoms with Gasteiger partial charge in [0.2, 0.25) is 0 Å². The van der Waals surface area contributed by atoms with Crippen LogP contribution >= 0.6 is 0 Å². The molecule has 0 saturated carbocycles. The second kappa shape index (κ2) is 5.84. The van der Waals surface area contributed by atoms with Gasteiger partial charge in [0.1, 0.15) is 5.82 Å². The molecule has 1 aliphatic rings. The summed E-state index contributed by atoms with van der Waals surface area (Å²) in [6.07, 6.45) is 1.05. The molecule has 1 fully saturated rings. The van der Waals surface area contributed by atoms with Gasteiger partial charge >= 0.3 is 5.92 Å². The van der Waals surface area contributed by atoms with E-state index < -0.39 is 5.92 Å². The summed E-state index contributed by atoms with van der Waals surface area (Å²) >= 11 is 0. The molecule has 0 amide bonds. The van der Waals surface area contributed by atoms with Gasteiger partial charge in [0.25, 0.3) is 0 Å². The molecule has 8 heteroatoms. The van der Waals surface area contributed by atoms with Crippen LogP contribution in [0, 0.1) is 6.92 Å². The van der Waals surface area contributed by atoms with Crippen LogP contribution in [0.1, 0.15) is 24.9 Å². The zero-order valence-electron chi connectivity index (χ0n) is 13.4. The van der Waals surface area contributed by atoms with Crippen molar-refractivity contribution in [3.8, 4) is 11.4 Å². The quantitative estimate of drug-likeness (QED) is 0.902. The summed E-state index contributed by atoms with van der Waals surface area (Å²) in [4.78, 5) is 8.47. The molecule has 2 aromatic heterocycles. The van der Waals surface area contributed by atoms with Gasteiger partial charge in [0, 0.05) is 32.1 Å². The van der Waals surface area contributed by atoms with Crippen molar-refractivity contribution in [1.29, 1.82) is 0 Å². The van der Waals surface area contributed by atoms with Gasteiger partial charge in [-0.1, -0.05) is 0 Å². The smallest absolute Gasteiger partial charge is 0.303 e. The van der Waals surface area contributed by atoms with Crippen molar-refractivity contribution < 1.29 is 8.78 Å². The maximum Gasteiger partial charge on any atom is 0.303 e. The molecule has 1 aliphatic heterocycles. The lowest BCUT2D eigenvalue weighted by atomic mass is 10.2. The van der Waals surface area contributed by atoms with Crippen LogP contribution in [0.25, 0.3) is 11.4 Å². The summed E-state index contributed by atoms with van der Waals surface area (Å²) in [5.74, 6) is -2.34. The lowest BCUT2D eigenvalue weighted by Gasteiger charge is -2.13. The number of nitrogens with one attached hydrogen (secondary N) is 2. The highest BCUT2D eigenvalue weighted by Gasteiger charge is 2.31. The van der Waals surface area contributed by atoms with Crippen LogP contribution in [0.5, 0.6) is 0 Å². The summed E-state index contributed by atoms with van der Waals surface area (Å²) in [5.41, 5.74) is 1.36. The van der Waals surface area contributed by atoms with E-state index in [1.807, 2.05) is 19.1 Å². The zero-order valence-corrected chi connectivity index (χ0v) is 13.4. The second-order valence-corrected chi connectivity index (χ2v) is 5.93. The van der Waals surface area contributed by atoms with Gasteiger partial charge in [0.05, 0.1) is 5.69 Å². The van der Waals surface area contributed by atoms with E-state index in [1.54, 1.807) is 0 Å². The Labute approximate surface area is 133 Å². The molecule has 3 rings (SSSR count). The Kier molecular flexibility index (Phi) is 4.01. The first kappa shape index (κ1) is 15.8. The molecule has 1 atom stereocenters. The number of aromatic nitrogens is 4. The third-order valence-corrected chi connectivity index (χ3v) is 3.89. The van der Waals surface area contributed by atoms with E-state index in [-0.39, 0.29) is 11.6 Å². The molecular weight excluding hydrogens is 302 g/mol. The number of hydrogen-bond donors (Lipinski definition) is 2. The maximum atomic E-state index is 13.5. The van der Waals surface area contributed by atoms with Gasteiger partial charge < -0.3 is 10.6 Å². The van der Waals surface area contributed by atoms with Gasteiger partial charge in [-0.2, -0.15) is 13.9 Å². The van der Waals surface area contributed by atoms with Crippen LogP contribution in [-0.2, 0) is 13.0 Å². The first-order valence-electron chi connectivity index (χ1n) is 7.59. The Morgan fingerprint density at radius 1 is 1.35 bits per heavy atom. The van der Waals surface area contributed by atoms with Gasteiger partial charge in [-0.05, 0) is 32.0 Å². The highest BCUT2D eigenvalue weighted by Crippen LogP contribution is 2.28. The third-order valence-electron chi connectivity index (χ3n) is 3.89. The van der Waals surface area contributed by atoms with Gasteiger partial charge in [-0.25, -0.2) is 14.6 Å². The molecule has 6 nitrogen and oxygen atoms in total. The predicted octanol–water partition coefficient (Wildman–Crippen LogP) is 2.07. The number of anilines is 1. The van der Waals surface area contributed by atoms with Crippen LogP contribution in [-0.4, -0.2) is 38.9 Å². The molecule has 0 bridgehead atoms. The van der Waals surface area contributed by atoms with Crippen LogP contribution in [0.2, 0.25) is 0 Å². The van der Waals surface area contributed by atoms with Crippen LogP contribution in [0.3, 0.4) is 0 Å². The number of alkyl halides is 2. The summed E-state index contributed by atoms with van der Waals surface area (Å²) < 4.78 is 28.1. The van der Waals surface area contributed by atoms with Crippen molar-refractivity contribution in [2.75, 3.05) is 18.4 Å². The molecular formula is C15H20F2N6. The molecule has 0 spiro atoms. The highest BCUT2D eigenvalue weighted by molar-refractivity contribution is 5.60. The highest BCUT2D eigenvalue weighted by atomic mass is 19.3. The number of halogens is 2. The Morgan fingerprint density at radius 2 is 2.13 bits per heavy atom. The van der Waals surface area contributed by atoms with Crippen LogP contribution in [0.15, 0.2) is 12.1 Å². The number of hydrogen-bond acceptors (Lipinski definition) is 5. The Morgan fingerprint density at radius 3 is 2.70 bits per heavy atom. The molecule has 2 aromatic rings. The fourth-order valence-electron chi connectivity index (χ4n) is 2.75. The fraction of sp³-hybridized carbons (Fsp3) is 0.533. The van der Waals surface area contributed by atoms with Crippen molar-refractivity contribution >= 4 is 5.82 Å². The van der Waals surface area contributed by atoms with Gasteiger partial charge in [0.15, 0.2) is 11.6 Å². The molecule has 0 aromatic carbocycles. The molecule has 0 aliphatic carbocycles. The van der Waals surface area contributed by atoms with Gasteiger partial charge in [-0.15, -0.1) is 0 Å². The Balaban J connectivity index is 1.86. The molecule has 0 unspecified atom stereocenters. The summed E-state index contributed by atoms with van der Waals surface area (Å²) in [7, 11) is 1.47. The molecule has 23 heavy (non-hydrogen) atoms. The number of rotatable bonds is 4. The molecule has 124 valence electrons. The Hall–Kier alpha value is -2.09. The average Bonchev–Trinajstić information content (AvgIpc) is 3.08. The van der Waals surface area contributed by atoms with E-state index in [9.17, 15) is 8.78 Å². The number of nitrogens with zero attached hydrogens (tertiary/aromatic N) is 4. The third kappa shape index (κ3) is 3.31. The Bertz CT molecular complexity index is 700. The SMILES string of the molecule is Cc1nc(N[C@H]2CCNC2)ccc1-c1nc(C(C)(F)F)n(C)n1. The van der Waals surface area contributed by atoms with E-state index in [4.69, 9.17) is 0 Å². The number of aryl methyl sites for hydroxylation is 2. The predicted molar refractivity (Wildman–Crippen MR) is 83.4 cm³/mol. The number of pyridine rings is 1. The topological polar surface area (TPSA) is 67.7 Å². The first-order valence-corrected chi connectivity index (χ1v) is 7.59. The summed E-state index contributed by atoms with van der Waals surface area (Å²) in [6.45, 7) is 4.56. The van der Waals surface area contributed by atoms with E-state index >= 15 is 0 Å². The summed E-state index contributed by atoms with van der Waals surface area (Å²) in [6, 6.07) is 4.02. The normalized spacial score (nSPS) is 18.4. The molecule has 0 radical (unpaired) electrons. The average molecular weight is 322 g/mol. The van der Waals surface area contributed by atoms with E-state index in [1.165, 1.54) is 7.05 Å². The van der Waals surface area contributed by atoms with Crippen molar-refractivity contribution in [3.05, 3.63) is 23.7 Å². The lowest BCUT2D eigenvalue weighted by Crippen LogP contribution is -2.22. The van der Waals surface area contributed by atoms with E-state index in [2.05, 4.69) is 25.7 Å².